The van der Waals surface area contributed by atoms with Gasteiger partial charge in [0, 0.05) is 31.3 Å². The lowest BCUT2D eigenvalue weighted by Crippen LogP contribution is -2.54. The van der Waals surface area contributed by atoms with Crippen molar-refractivity contribution in [1.29, 1.82) is 0 Å². The van der Waals surface area contributed by atoms with E-state index in [1.54, 1.807) is 0 Å². The highest BCUT2D eigenvalue weighted by atomic mass is 35.5. The predicted molar refractivity (Wildman–Crippen MR) is 89.6 cm³/mol. The molecule has 5 heteroatoms. The van der Waals surface area contributed by atoms with E-state index in [4.69, 9.17) is 16.3 Å². The molecule has 2 unspecified atom stereocenters. The number of carbonyl (C=O) groups is 1. The summed E-state index contributed by atoms with van der Waals surface area (Å²) in [7, 11) is 0. The quantitative estimate of drug-likeness (QED) is 0.902. The Bertz CT molecular complexity index is 571. The molecule has 0 bridgehead atoms. The zero-order valence-electron chi connectivity index (χ0n) is 13.5. The summed E-state index contributed by atoms with van der Waals surface area (Å²) in [5.74, 6) is 0.324. The summed E-state index contributed by atoms with van der Waals surface area (Å²) in [5.41, 5.74) is 0.264. The second-order valence-electron chi connectivity index (χ2n) is 6.76. The van der Waals surface area contributed by atoms with E-state index in [-0.39, 0.29) is 11.8 Å². The van der Waals surface area contributed by atoms with Gasteiger partial charge in [-0.15, -0.1) is 0 Å². The third kappa shape index (κ3) is 3.12. The van der Waals surface area contributed by atoms with Crippen LogP contribution >= 0.6 is 11.6 Å². The molecule has 2 saturated heterocycles. The van der Waals surface area contributed by atoms with Crippen LogP contribution in [0.25, 0.3) is 0 Å². The Morgan fingerprint density at radius 2 is 2.04 bits per heavy atom. The number of ether oxygens (including phenoxy) is 1. The molecule has 1 aromatic rings. The number of likely N-dealkylation sites (tertiary alicyclic amines) is 1. The molecule has 2 aliphatic heterocycles. The molecule has 0 spiro atoms. The number of hydrogen-bond donors (Lipinski definition) is 1. The molecule has 1 N–H and O–H groups in total. The van der Waals surface area contributed by atoms with Crippen molar-refractivity contribution in [3.05, 3.63) is 34.9 Å². The Morgan fingerprint density at radius 3 is 2.70 bits per heavy atom. The van der Waals surface area contributed by atoms with Gasteiger partial charge in [-0.05, 0) is 36.8 Å². The Hall–Kier alpha value is -1.10. The summed E-state index contributed by atoms with van der Waals surface area (Å²) in [6.07, 6.45) is 1.66. The van der Waals surface area contributed by atoms with Crippen LogP contribution in [0.5, 0.6) is 0 Å². The summed E-state index contributed by atoms with van der Waals surface area (Å²) in [4.78, 5) is 15.2. The predicted octanol–water partition coefficient (Wildman–Crippen LogP) is 2.62. The van der Waals surface area contributed by atoms with Gasteiger partial charge in [-0.1, -0.05) is 36.7 Å². The molecule has 3 rings (SSSR count). The summed E-state index contributed by atoms with van der Waals surface area (Å²) in [6, 6.07) is 7.61. The van der Waals surface area contributed by atoms with Crippen LogP contribution in [0.15, 0.2) is 24.3 Å². The maximum absolute atomic E-state index is 13.4. The van der Waals surface area contributed by atoms with Crippen molar-refractivity contribution in [2.45, 2.75) is 37.7 Å². The van der Waals surface area contributed by atoms with E-state index in [1.165, 1.54) is 0 Å². The Kier molecular flexibility index (Phi) is 4.95. The molecule has 2 aliphatic rings. The first kappa shape index (κ1) is 16.7. The average Bonchev–Trinajstić information content (AvgIpc) is 2.58. The summed E-state index contributed by atoms with van der Waals surface area (Å²) in [5, 5.41) is 10.8. The fraction of sp³-hybridized carbons (Fsp3) is 0.611. The monoisotopic (exact) mass is 337 g/mol. The van der Waals surface area contributed by atoms with E-state index in [2.05, 4.69) is 0 Å². The molecule has 0 radical (unpaired) electrons. The number of aliphatic hydroxyl groups excluding tert-OH is 1. The van der Waals surface area contributed by atoms with Crippen LogP contribution in [0.2, 0.25) is 5.02 Å². The molecule has 0 aromatic heterocycles. The lowest BCUT2D eigenvalue weighted by atomic mass is 9.72. The van der Waals surface area contributed by atoms with E-state index in [9.17, 15) is 9.90 Å². The molecular weight excluding hydrogens is 314 g/mol. The van der Waals surface area contributed by atoms with Crippen LogP contribution in [0.4, 0.5) is 0 Å². The van der Waals surface area contributed by atoms with Crippen molar-refractivity contribution >= 4 is 17.5 Å². The number of piperidine rings is 1. The fourth-order valence-electron chi connectivity index (χ4n) is 3.70. The summed E-state index contributed by atoms with van der Waals surface area (Å²) in [6.45, 7) is 4.26. The summed E-state index contributed by atoms with van der Waals surface area (Å²) < 4.78 is 5.50. The lowest BCUT2D eigenvalue weighted by molar-refractivity contribution is -0.145. The normalized spacial score (nSPS) is 27.7. The standard InChI is InChI=1S/C18H24ClNO3/c1-13-6-9-20(12-16(13)21)17(22)18(7-10-23-11-8-18)14-4-2-3-5-15(14)19/h2-5,13,16,21H,6-12H2,1H3. The number of amides is 1. The number of rotatable bonds is 2. The van der Waals surface area contributed by atoms with Gasteiger partial charge in [0.05, 0.1) is 11.5 Å². The van der Waals surface area contributed by atoms with Gasteiger partial charge in [-0.25, -0.2) is 0 Å². The highest BCUT2D eigenvalue weighted by Crippen LogP contribution is 2.40. The van der Waals surface area contributed by atoms with Gasteiger partial charge in [0.2, 0.25) is 5.91 Å². The Morgan fingerprint density at radius 1 is 1.35 bits per heavy atom. The first-order valence-electron chi connectivity index (χ1n) is 8.35. The molecule has 0 saturated carbocycles. The fourth-order valence-corrected chi connectivity index (χ4v) is 4.02. The smallest absolute Gasteiger partial charge is 0.233 e. The molecule has 2 heterocycles. The van der Waals surface area contributed by atoms with Gasteiger partial charge < -0.3 is 14.7 Å². The van der Waals surface area contributed by atoms with Crippen molar-refractivity contribution in [2.75, 3.05) is 26.3 Å². The number of halogens is 1. The topological polar surface area (TPSA) is 49.8 Å². The molecule has 2 atom stereocenters. The number of β-amino-alcohol motifs (C(OH)–C–C–N with tert-alkyl or cyclic N) is 1. The first-order valence-corrected chi connectivity index (χ1v) is 8.72. The molecule has 1 amide bonds. The van der Waals surface area contributed by atoms with Crippen LogP contribution in [0, 0.1) is 5.92 Å². The molecular formula is C18H24ClNO3. The van der Waals surface area contributed by atoms with Crippen molar-refractivity contribution in [2.24, 2.45) is 5.92 Å². The van der Waals surface area contributed by atoms with E-state index < -0.39 is 11.5 Å². The Labute approximate surface area is 142 Å². The highest BCUT2D eigenvalue weighted by molar-refractivity contribution is 6.31. The van der Waals surface area contributed by atoms with E-state index in [1.807, 2.05) is 36.1 Å². The van der Waals surface area contributed by atoms with Crippen LogP contribution in [-0.4, -0.2) is 48.3 Å². The van der Waals surface area contributed by atoms with Gasteiger partial charge in [-0.3, -0.25) is 4.79 Å². The molecule has 4 nitrogen and oxygen atoms in total. The number of carbonyl (C=O) groups excluding carboxylic acids is 1. The molecule has 23 heavy (non-hydrogen) atoms. The molecule has 126 valence electrons. The average molecular weight is 338 g/mol. The summed E-state index contributed by atoms with van der Waals surface area (Å²) >= 11 is 6.42. The maximum atomic E-state index is 13.4. The van der Waals surface area contributed by atoms with Crippen LogP contribution < -0.4 is 0 Å². The van der Waals surface area contributed by atoms with E-state index >= 15 is 0 Å². The van der Waals surface area contributed by atoms with Gasteiger partial charge in [0.1, 0.15) is 0 Å². The number of aliphatic hydroxyl groups is 1. The second-order valence-corrected chi connectivity index (χ2v) is 7.17. The molecule has 0 aliphatic carbocycles. The van der Waals surface area contributed by atoms with E-state index in [0.717, 1.165) is 12.0 Å². The van der Waals surface area contributed by atoms with E-state index in [0.29, 0.717) is 44.2 Å². The number of hydrogen-bond acceptors (Lipinski definition) is 3. The second kappa shape index (κ2) is 6.80. The minimum Gasteiger partial charge on any atom is -0.391 e. The third-order valence-electron chi connectivity index (χ3n) is 5.35. The van der Waals surface area contributed by atoms with Crippen molar-refractivity contribution in [1.82, 2.24) is 4.90 Å². The lowest BCUT2D eigenvalue weighted by Gasteiger charge is -2.43. The molecule has 2 fully saturated rings. The van der Waals surface area contributed by atoms with Crippen LogP contribution in [0.1, 0.15) is 31.7 Å². The largest absolute Gasteiger partial charge is 0.391 e. The van der Waals surface area contributed by atoms with Crippen LogP contribution in [-0.2, 0) is 14.9 Å². The zero-order chi connectivity index (χ0) is 16.4. The van der Waals surface area contributed by atoms with Gasteiger partial charge >= 0.3 is 0 Å². The van der Waals surface area contributed by atoms with Crippen LogP contribution in [0.3, 0.4) is 0 Å². The molecule has 1 aromatic carbocycles. The maximum Gasteiger partial charge on any atom is 0.233 e. The number of nitrogens with zero attached hydrogens (tertiary/aromatic N) is 1. The van der Waals surface area contributed by atoms with Crippen molar-refractivity contribution in [3.8, 4) is 0 Å². The van der Waals surface area contributed by atoms with Crippen molar-refractivity contribution in [3.63, 3.8) is 0 Å². The highest BCUT2D eigenvalue weighted by Gasteiger charge is 2.46. The number of benzene rings is 1. The first-order chi connectivity index (χ1) is 11.0. The SMILES string of the molecule is CC1CCN(C(=O)C2(c3ccccc3Cl)CCOCC2)CC1O. The Balaban J connectivity index is 1.93. The zero-order valence-corrected chi connectivity index (χ0v) is 14.3. The van der Waals surface area contributed by atoms with Gasteiger partial charge in [0.25, 0.3) is 0 Å². The van der Waals surface area contributed by atoms with Gasteiger partial charge in [-0.2, -0.15) is 0 Å². The minimum atomic E-state index is -0.628. The minimum absolute atomic E-state index is 0.0832. The van der Waals surface area contributed by atoms with Crippen molar-refractivity contribution < 1.29 is 14.6 Å². The third-order valence-corrected chi connectivity index (χ3v) is 5.68. The van der Waals surface area contributed by atoms with Gasteiger partial charge in [0.15, 0.2) is 0 Å².